The van der Waals surface area contributed by atoms with Crippen molar-refractivity contribution >= 4 is 17.8 Å². The smallest absolute Gasteiger partial charge is 0.217 e. The molecule has 3 aromatic rings. The minimum absolute atomic E-state index is 0.0154. The Morgan fingerprint density at radius 3 is 2.17 bits per heavy atom. The van der Waals surface area contributed by atoms with Gasteiger partial charge in [-0.3, -0.25) is 4.79 Å². The van der Waals surface area contributed by atoms with Gasteiger partial charge in [-0.05, 0) is 81.0 Å². The zero-order chi connectivity index (χ0) is 30.8. The highest BCUT2D eigenvalue weighted by Gasteiger charge is 2.24. The summed E-state index contributed by atoms with van der Waals surface area (Å²) < 4.78 is 0. The first-order valence-corrected chi connectivity index (χ1v) is 15.3. The van der Waals surface area contributed by atoms with Crippen molar-refractivity contribution in [3.8, 4) is 0 Å². The van der Waals surface area contributed by atoms with Crippen LogP contribution in [0.2, 0.25) is 0 Å². The van der Waals surface area contributed by atoms with Crippen LogP contribution in [0.1, 0.15) is 90.1 Å². The van der Waals surface area contributed by atoms with Gasteiger partial charge in [-0.25, -0.2) is 4.99 Å². The van der Waals surface area contributed by atoms with Crippen LogP contribution in [-0.4, -0.2) is 17.4 Å². The van der Waals surface area contributed by atoms with Crippen LogP contribution in [0.4, 0.5) is 5.69 Å². The molecule has 0 bridgehead atoms. The Bertz CT molecular complexity index is 1330. The number of allylic oxidation sites excluding steroid dienone is 1. The molecular formula is C35H53N5O. The van der Waals surface area contributed by atoms with Crippen LogP contribution in [-0.2, 0) is 17.8 Å². The van der Waals surface area contributed by atoms with Crippen LogP contribution in [0, 0.1) is 13.8 Å². The first-order chi connectivity index (χ1) is 19.9. The van der Waals surface area contributed by atoms with Gasteiger partial charge in [0, 0.05) is 36.3 Å². The molecule has 1 aliphatic heterocycles. The maximum Gasteiger partial charge on any atom is 0.217 e. The van der Waals surface area contributed by atoms with E-state index in [0.29, 0.717) is 6.54 Å². The van der Waals surface area contributed by atoms with Gasteiger partial charge in [0.25, 0.3) is 0 Å². The van der Waals surface area contributed by atoms with E-state index in [1.807, 2.05) is 60.6 Å². The molecule has 6 nitrogen and oxygen atoms in total. The third-order valence-electron chi connectivity index (χ3n) is 6.00. The lowest BCUT2D eigenvalue weighted by atomic mass is 10.1. The lowest BCUT2D eigenvalue weighted by molar-refractivity contribution is -0.119. The molecule has 1 fully saturated rings. The number of hydrogen-bond acceptors (Lipinski definition) is 4. The van der Waals surface area contributed by atoms with Gasteiger partial charge >= 0.3 is 0 Å². The molecule has 0 spiro atoms. The van der Waals surface area contributed by atoms with Crippen LogP contribution in [0.15, 0.2) is 71.0 Å². The summed E-state index contributed by atoms with van der Waals surface area (Å²) in [5.41, 5.74) is 13.8. The van der Waals surface area contributed by atoms with Crippen molar-refractivity contribution in [3.05, 3.63) is 99.1 Å². The lowest BCUT2D eigenvalue weighted by Crippen LogP contribution is -2.33. The van der Waals surface area contributed by atoms with Gasteiger partial charge in [0.05, 0.1) is 0 Å². The number of nitrogens with zero attached hydrogens (tertiary/aromatic N) is 2. The van der Waals surface area contributed by atoms with E-state index in [1.165, 1.54) is 23.6 Å². The number of rotatable bonds is 6. The summed E-state index contributed by atoms with van der Waals surface area (Å²) in [6.45, 7) is 19.0. The third-order valence-corrected chi connectivity index (χ3v) is 6.00. The fourth-order valence-corrected chi connectivity index (χ4v) is 4.05. The molecule has 4 N–H and O–H groups in total. The summed E-state index contributed by atoms with van der Waals surface area (Å²) in [6, 6.07) is 19.0. The van der Waals surface area contributed by atoms with Crippen LogP contribution in [0.3, 0.4) is 0 Å². The SMILES string of the molecule is CC.CC.CC.CC(=O)NCc1ccc(N2C=c3cc(C)[nH]c3=NC2=C2CC2)cc1.Cc1cccc(CCCN)c1. The van der Waals surface area contributed by atoms with Crippen molar-refractivity contribution < 1.29 is 4.79 Å². The molecule has 1 aliphatic carbocycles. The maximum atomic E-state index is 11.0. The summed E-state index contributed by atoms with van der Waals surface area (Å²) in [6.07, 6.45) is 6.59. The van der Waals surface area contributed by atoms with E-state index in [-0.39, 0.29) is 5.91 Å². The van der Waals surface area contributed by atoms with Crippen LogP contribution in [0.5, 0.6) is 0 Å². The third kappa shape index (κ3) is 11.8. The van der Waals surface area contributed by atoms with Crippen LogP contribution >= 0.6 is 0 Å². The molecule has 0 saturated heterocycles. The van der Waals surface area contributed by atoms with E-state index in [4.69, 9.17) is 10.7 Å². The van der Waals surface area contributed by atoms with E-state index in [0.717, 1.165) is 65.7 Å². The number of aromatic nitrogens is 1. The summed E-state index contributed by atoms with van der Waals surface area (Å²) in [7, 11) is 0. The Morgan fingerprint density at radius 2 is 1.61 bits per heavy atom. The molecule has 5 rings (SSSR count). The van der Waals surface area contributed by atoms with Gasteiger partial charge in [-0.2, -0.15) is 0 Å². The van der Waals surface area contributed by atoms with Crippen molar-refractivity contribution in [2.45, 2.75) is 94.5 Å². The number of H-pyrrole nitrogens is 1. The number of carbonyl (C=O) groups is 1. The topological polar surface area (TPSA) is 86.5 Å². The fraction of sp³-hybridized carbons (Fsp3) is 0.429. The van der Waals surface area contributed by atoms with E-state index in [2.05, 4.69) is 70.8 Å². The standard InChI is InChI=1S/C19H20N4O.C10H15N.3C2H6/c1-12-9-16-11-23(19(15-5-6-15)22-18(16)21-12)17-7-3-14(4-8-17)10-20-13(2)24;1-9-4-2-5-10(8-9)6-3-7-11;3*1-2/h3-4,7-9,11H,5-6,10H2,1-2H3,(H,20,24)(H,21,22);2,4-5,8H,3,6-7,11H2,1H3;3*1-2H3. The second-order valence-electron chi connectivity index (χ2n) is 9.25. The predicted octanol–water partition coefficient (Wildman–Crippen LogP) is 6.81. The highest BCUT2D eigenvalue weighted by molar-refractivity contribution is 5.73. The number of benzene rings is 2. The molecular weight excluding hydrogens is 506 g/mol. The molecule has 1 saturated carbocycles. The number of nitrogens with one attached hydrogen (secondary N) is 2. The Hall–Kier alpha value is -3.64. The second-order valence-corrected chi connectivity index (χ2v) is 9.25. The lowest BCUT2D eigenvalue weighted by Gasteiger charge is -2.23. The minimum atomic E-state index is -0.0154. The Morgan fingerprint density at radius 1 is 0.951 bits per heavy atom. The van der Waals surface area contributed by atoms with Crippen molar-refractivity contribution in [2.24, 2.45) is 10.7 Å². The van der Waals surface area contributed by atoms with Gasteiger partial charge in [0.15, 0.2) is 0 Å². The predicted molar refractivity (Wildman–Crippen MR) is 176 cm³/mol. The number of amides is 1. The average molecular weight is 560 g/mol. The van der Waals surface area contributed by atoms with Crippen molar-refractivity contribution in [1.82, 2.24) is 10.3 Å². The quantitative estimate of drug-likeness (QED) is 0.310. The zero-order valence-corrected chi connectivity index (χ0v) is 26.9. The van der Waals surface area contributed by atoms with Crippen molar-refractivity contribution in [2.75, 3.05) is 11.4 Å². The van der Waals surface area contributed by atoms with Gasteiger partial charge in [0.2, 0.25) is 5.91 Å². The Labute approximate surface area is 248 Å². The molecule has 2 aliphatic rings. The van der Waals surface area contributed by atoms with E-state index in [1.54, 1.807) is 0 Å². The second kappa shape index (κ2) is 19.4. The maximum absolute atomic E-state index is 11.0. The summed E-state index contributed by atoms with van der Waals surface area (Å²) >= 11 is 0. The van der Waals surface area contributed by atoms with Crippen LogP contribution in [0.25, 0.3) is 6.20 Å². The molecule has 0 radical (unpaired) electrons. The highest BCUT2D eigenvalue weighted by atomic mass is 16.1. The Balaban J connectivity index is 0.000000417. The normalized spacial score (nSPS) is 12.2. The molecule has 1 amide bonds. The highest BCUT2D eigenvalue weighted by Crippen LogP contribution is 2.36. The number of aromatic amines is 1. The molecule has 2 heterocycles. The number of carbonyl (C=O) groups excluding carboxylic acids is 1. The first kappa shape index (κ1) is 35.4. The van der Waals surface area contributed by atoms with E-state index in [9.17, 15) is 4.79 Å². The monoisotopic (exact) mass is 559 g/mol. The molecule has 1 aromatic heterocycles. The average Bonchev–Trinajstić information content (AvgIpc) is 3.79. The minimum Gasteiger partial charge on any atom is -0.352 e. The fourth-order valence-electron chi connectivity index (χ4n) is 4.05. The van der Waals surface area contributed by atoms with Gasteiger partial charge < -0.3 is 20.9 Å². The zero-order valence-electron chi connectivity index (χ0n) is 26.9. The number of anilines is 1. The van der Waals surface area contributed by atoms with Gasteiger partial charge in [0.1, 0.15) is 11.3 Å². The summed E-state index contributed by atoms with van der Waals surface area (Å²) in [4.78, 5) is 21.3. The number of aryl methyl sites for hydroxylation is 3. The molecule has 2 aromatic carbocycles. The molecule has 0 atom stereocenters. The van der Waals surface area contributed by atoms with Crippen molar-refractivity contribution in [1.29, 1.82) is 0 Å². The largest absolute Gasteiger partial charge is 0.352 e. The number of fused-ring (bicyclic) bond motifs is 1. The molecule has 41 heavy (non-hydrogen) atoms. The first-order valence-electron chi connectivity index (χ1n) is 15.3. The van der Waals surface area contributed by atoms with Gasteiger partial charge in [-0.1, -0.05) is 83.5 Å². The Kier molecular flexibility index (Phi) is 16.8. The summed E-state index contributed by atoms with van der Waals surface area (Å²) in [5.74, 6) is 1.03. The number of hydrogen-bond donors (Lipinski definition) is 3. The van der Waals surface area contributed by atoms with Crippen molar-refractivity contribution in [3.63, 3.8) is 0 Å². The number of nitrogens with two attached hydrogens (primary N) is 1. The van der Waals surface area contributed by atoms with Crippen LogP contribution < -0.4 is 26.7 Å². The van der Waals surface area contributed by atoms with E-state index < -0.39 is 0 Å². The van der Waals surface area contributed by atoms with Gasteiger partial charge in [-0.15, -0.1) is 0 Å². The molecule has 224 valence electrons. The summed E-state index contributed by atoms with van der Waals surface area (Å²) in [5, 5.41) is 3.93. The molecule has 6 heteroatoms. The van der Waals surface area contributed by atoms with E-state index >= 15 is 0 Å². The molecule has 0 unspecified atom stereocenters.